The average Bonchev–Trinajstić information content (AvgIpc) is 2.31. The van der Waals surface area contributed by atoms with Crippen molar-refractivity contribution < 1.29 is 27.2 Å². The quantitative estimate of drug-likeness (QED) is 0.493. The Kier molecular flexibility index (Phi) is 4.65. The van der Waals surface area contributed by atoms with Crippen LogP contribution in [-0.4, -0.2) is 18.2 Å². The summed E-state index contributed by atoms with van der Waals surface area (Å²) in [5.74, 6) is -4.95. The Morgan fingerprint density at radius 3 is 2.06 bits per heavy atom. The molecule has 0 saturated carbocycles. The molecule has 0 unspecified atom stereocenters. The highest BCUT2D eigenvalue weighted by atomic mass is 79.9. The number of rotatable bonds is 2. The molecule has 98 valence electrons. The molecule has 1 rings (SSSR count). The van der Waals surface area contributed by atoms with E-state index in [0.29, 0.717) is 12.1 Å². The van der Waals surface area contributed by atoms with Gasteiger partial charge in [-0.25, -0.2) is 8.78 Å². The number of nitrogens with one attached hydrogen (secondary N) is 2. The lowest BCUT2D eigenvalue weighted by Gasteiger charge is -2.07. The Morgan fingerprint density at radius 2 is 1.61 bits per heavy atom. The van der Waals surface area contributed by atoms with Gasteiger partial charge in [0.15, 0.2) is 0 Å². The summed E-state index contributed by atoms with van der Waals surface area (Å²) in [5.41, 5.74) is 2.51. The maximum atomic E-state index is 13.1. The van der Waals surface area contributed by atoms with E-state index in [1.807, 2.05) is 0 Å². The van der Waals surface area contributed by atoms with Gasteiger partial charge in [0, 0.05) is 5.56 Å². The third-order valence-electron chi connectivity index (χ3n) is 1.74. The molecule has 0 radical (unpaired) electrons. The molecular weight excluding hydrogens is 324 g/mol. The summed E-state index contributed by atoms with van der Waals surface area (Å²) < 4.78 is 49.2. The molecule has 9 heteroatoms. The molecule has 2 amide bonds. The van der Waals surface area contributed by atoms with E-state index < -0.39 is 39.9 Å². The molecule has 0 spiro atoms. The lowest BCUT2D eigenvalue weighted by Crippen LogP contribution is -2.44. The third-order valence-corrected chi connectivity index (χ3v) is 2.50. The number of alkyl halides is 2. The summed E-state index contributed by atoms with van der Waals surface area (Å²) >= 11 is 2.59. The molecule has 1 aromatic rings. The lowest BCUT2D eigenvalue weighted by atomic mass is 10.2. The summed E-state index contributed by atoms with van der Waals surface area (Å²) in [7, 11) is 0. The topological polar surface area (TPSA) is 58.2 Å². The van der Waals surface area contributed by atoms with Crippen LogP contribution in [0.15, 0.2) is 16.6 Å². The molecule has 18 heavy (non-hydrogen) atoms. The summed E-state index contributed by atoms with van der Waals surface area (Å²) in [4.78, 5) is 21.7. The first-order valence-corrected chi connectivity index (χ1v) is 5.15. The van der Waals surface area contributed by atoms with Gasteiger partial charge in [-0.3, -0.25) is 20.4 Å². The van der Waals surface area contributed by atoms with Crippen LogP contribution in [0.25, 0.3) is 0 Å². The SMILES string of the molecule is O=C(NNC(=O)C(F)F)c1cc(F)c(Br)c(F)c1. The second-order valence-corrected chi connectivity index (χ2v) is 3.79. The van der Waals surface area contributed by atoms with Crippen molar-refractivity contribution in [2.75, 3.05) is 0 Å². The molecule has 0 heterocycles. The van der Waals surface area contributed by atoms with Gasteiger partial charge in [0.2, 0.25) is 0 Å². The van der Waals surface area contributed by atoms with Gasteiger partial charge >= 0.3 is 12.3 Å². The number of hydrogen-bond acceptors (Lipinski definition) is 2. The first-order chi connectivity index (χ1) is 8.32. The zero-order valence-corrected chi connectivity index (χ0v) is 10.0. The predicted octanol–water partition coefficient (Wildman–Crippen LogP) is 1.75. The molecule has 0 bridgehead atoms. The normalized spacial score (nSPS) is 10.3. The molecule has 2 N–H and O–H groups in total. The first-order valence-electron chi connectivity index (χ1n) is 4.36. The molecular formula is C9H5BrF4N2O2. The van der Waals surface area contributed by atoms with Crippen LogP contribution in [0.2, 0.25) is 0 Å². The van der Waals surface area contributed by atoms with Crippen molar-refractivity contribution in [2.45, 2.75) is 6.43 Å². The highest BCUT2D eigenvalue weighted by molar-refractivity contribution is 9.10. The van der Waals surface area contributed by atoms with Gasteiger partial charge in [0.25, 0.3) is 5.91 Å². The number of halogens is 5. The minimum atomic E-state index is -3.32. The van der Waals surface area contributed by atoms with Crippen LogP contribution in [-0.2, 0) is 4.79 Å². The van der Waals surface area contributed by atoms with Gasteiger partial charge in [-0.2, -0.15) is 8.78 Å². The van der Waals surface area contributed by atoms with Gasteiger partial charge in [0.1, 0.15) is 11.6 Å². The molecule has 0 atom stereocenters. The molecule has 4 nitrogen and oxygen atoms in total. The van der Waals surface area contributed by atoms with E-state index in [2.05, 4.69) is 15.9 Å². The van der Waals surface area contributed by atoms with Crippen LogP contribution in [0, 0.1) is 11.6 Å². The second kappa shape index (κ2) is 5.80. The van der Waals surface area contributed by atoms with E-state index in [4.69, 9.17) is 0 Å². The minimum Gasteiger partial charge on any atom is -0.267 e. The zero-order chi connectivity index (χ0) is 13.9. The van der Waals surface area contributed by atoms with Crippen molar-refractivity contribution in [3.63, 3.8) is 0 Å². The summed E-state index contributed by atoms with van der Waals surface area (Å²) in [6, 6.07) is 1.36. The molecule has 0 aromatic heterocycles. The fraction of sp³-hybridized carbons (Fsp3) is 0.111. The molecule has 0 fully saturated rings. The number of amides is 2. The highest BCUT2D eigenvalue weighted by Crippen LogP contribution is 2.20. The number of benzene rings is 1. The Labute approximate surface area is 106 Å². The smallest absolute Gasteiger partial charge is 0.267 e. The predicted molar refractivity (Wildman–Crippen MR) is 55.7 cm³/mol. The van der Waals surface area contributed by atoms with E-state index in [-0.39, 0.29) is 0 Å². The fourth-order valence-electron chi connectivity index (χ4n) is 0.932. The van der Waals surface area contributed by atoms with Gasteiger partial charge in [-0.05, 0) is 28.1 Å². The van der Waals surface area contributed by atoms with Gasteiger partial charge in [-0.1, -0.05) is 0 Å². The van der Waals surface area contributed by atoms with Crippen molar-refractivity contribution >= 4 is 27.7 Å². The van der Waals surface area contributed by atoms with Crippen LogP contribution in [0.3, 0.4) is 0 Å². The summed E-state index contributed by atoms with van der Waals surface area (Å²) in [6.45, 7) is 0. The first kappa shape index (κ1) is 14.4. The number of hydrazine groups is 1. The van der Waals surface area contributed by atoms with Crippen molar-refractivity contribution in [3.8, 4) is 0 Å². The van der Waals surface area contributed by atoms with Gasteiger partial charge in [0.05, 0.1) is 4.47 Å². The Balaban J connectivity index is 2.77. The van der Waals surface area contributed by atoms with Crippen molar-refractivity contribution in [2.24, 2.45) is 0 Å². The largest absolute Gasteiger partial charge is 0.317 e. The minimum absolute atomic E-state index is 0.462. The molecule has 0 saturated heterocycles. The molecule has 0 aliphatic carbocycles. The highest BCUT2D eigenvalue weighted by Gasteiger charge is 2.17. The second-order valence-electron chi connectivity index (χ2n) is 3.00. The third kappa shape index (κ3) is 3.42. The zero-order valence-electron chi connectivity index (χ0n) is 8.44. The van der Waals surface area contributed by atoms with Crippen LogP contribution >= 0.6 is 15.9 Å². The van der Waals surface area contributed by atoms with E-state index in [1.165, 1.54) is 5.43 Å². The Hall–Kier alpha value is -1.64. The number of hydrogen-bond donors (Lipinski definition) is 2. The molecule has 1 aromatic carbocycles. The Morgan fingerprint density at radius 1 is 1.11 bits per heavy atom. The van der Waals surface area contributed by atoms with Crippen LogP contribution in [0.1, 0.15) is 10.4 Å². The van der Waals surface area contributed by atoms with Crippen LogP contribution in [0.4, 0.5) is 17.6 Å². The van der Waals surface area contributed by atoms with Crippen molar-refractivity contribution in [3.05, 3.63) is 33.8 Å². The van der Waals surface area contributed by atoms with Crippen LogP contribution in [0.5, 0.6) is 0 Å². The average molecular weight is 329 g/mol. The van der Waals surface area contributed by atoms with Gasteiger partial charge in [-0.15, -0.1) is 0 Å². The number of carbonyl (C=O) groups is 2. The number of carbonyl (C=O) groups excluding carboxylic acids is 2. The lowest BCUT2D eigenvalue weighted by molar-refractivity contribution is -0.132. The van der Waals surface area contributed by atoms with E-state index in [1.54, 1.807) is 5.43 Å². The molecule has 0 aliphatic heterocycles. The maximum absolute atomic E-state index is 13.1. The summed E-state index contributed by atoms with van der Waals surface area (Å²) in [5, 5.41) is 0. The maximum Gasteiger partial charge on any atom is 0.317 e. The van der Waals surface area contributed by atoms with Crippen LogP contribution < -0.4 is 10.9 Å². The van der Waals surface area contributed by atoms with E-state index in [9.17, 15) is 27.2 Å². The monoisotopic (exact) mass is 328 g/mol. The van der Waals surface area contributed by atoms with E-state index in [0.717, 1.165) is 0 Å². The van der Waals surface area contributed by atoms with Crippen molar-refractivity contribution in [1.29, 1.82) is 0 Å². The Bertz CT molecular complexity index is 472. The van der Waals surface area contributed by atoms with E-state index >= 15 is 0 Å². The van der Waals surface area contributed by atoms with Gasteiger partial charge < -0.3 is 0 Å². The summed E-state index contributed by atoms with van der Waals surface area (Å²) in [6.07, 6.45) is -3.32. The van der Waals surface area contributed by atoms with Crippen molar-refractivity contribution in [1.82, 2.24) is 10.9 Å². The molecule has 0 aliphatic rings. The fourth-order valence-corrected chi connectivity index (χ4v) is 1.16. The standard InChI is InChI=1S/C9H5BrF4N2O2/c10-6-4(11)1-3(2-5(6)12)8(17)15-16-9(18)7(13)14/h1-2,7H,(H,15,17)(H,16,18).